The van der Waals surface area contributed by atoms with E-state index in [4.69, 9.17) is 10.00 Å². The second-order valence-electron chi connectivity index (χ2n) is 3.44. The molecule has 0 amide bonds. The lowest BCUT2D eigenvalue weighted by Crippen LogP contribution is -2.27. The van der Waals surface area contributed by atoms with Crippen molar-refractivity contribution in [3.63, 3.8) is 0 Å². The fraction of sp³-hybridized carbons (Fsp3) is 0.364. The Morgan fingerprint density at radius 1 is 1.41 bits per heavy atom. The molecule has 0 fully saturated rings. The average Bonchev–Trinajstić information content (AvgIpc) is 2.19. The van der Waals surface area contributed by atoms with Gasteiger partial charge in [0.05, 0.1) is 6.07 Å². The minimum Gasteiger partial charge on any atom is -0.492 e. The molecule has 17 heavy (non-hydrogen) atoms. The number of nitriles is 1. The van der Waals surface area contributed by atoms with Gasteiger partial charge in [0.15, 0.2) is 5.92 Å². The van der Waals surface area contributed by atoms with Crippen LogP contribution in [0.3, 0.4) is 0 Å². The molecule has 2 nitrogen and oxygen atoms in total. The van der Waals surface area contributed by atoms with E-state index < -0.39 is 24.5 Å². The highest BCUT2D eigenvalue weighted by Crippen LogP contribution is 2.27. The van der Waals surface area contributed by atoms with Crippen LogP contribution in [-0.2, 0) is 0 Å². The first-order valence-corrected chi connectivity index (χ1v) is 4.70. The molecule has 6 heteroatoms. The Hall–Kier alpha value is -1.77. The van der Waals surface area contributed by atoms with Crippen molar-refractivity contribution in [2.45, 2.75) is 13.1 Å². The van der Waals surface area contributed by atoms with E-state index in [0.717, 1.165) is 18.2 Å². The van der Waals surface area contributed by atoms with Crippen LogP contribution in [0.2, 0.25) is 0 Å². The third-order valence-corrected chi connectivity index (χ3v) is 2.09. The van der Waals surface area contributed by atoms with E-state index in [-0.39, 0.29) is 5.75 Å². The molecule has 0 aliphatic carbocycles. The summed E-state index contributed by atoms with van der Waals surface area (Å²) in [4.78, 5) is 0. The van der Waals surface area contributed by atoms with Gasteiger partial charge in [-0.05, 0) is 30.7 Å². The molecule has 0 N–H and O–H groups in total. The number of halogens is 4. The maximum Gasteiger partial charge on any atom is 0.407 e. The van der Waals surface area contributed by atoms with E-state index >= 15 is 0 Å². The minimum atomic E-state index is -4.62. The number of ether oxygens (including phenoxy) is 1. The summed E-state index contributed by atoms with van der Waals surface area (Å²) in [5, 5.41) is 8.34. The van der Waals surface area contributed by atoms with E-state index in [1.54, 1.807) is 0 Å². The Balaban J connectivity index is 2.71. The lowest BCUT2D eigenvalue weighted by molar-refractivity contribution is -0.165. The van der Waals surface area contributed by atoms with Gasteiger partial charge in [0.1, 0.15) is 18.2 Å². The summed E-state index contributed by atoms with van der Waals surface area (Å²) in [6.45, 7) is 0.708. The highest BCUT2D eigenvalue weighted by atomic mass is 19.4. The second kappa shape index (κ2) is 5.04. The highest BCUT2D eigenvalue weighted by Gasteiger charge is 2.40. The normalized spacial score (nSPS) is 12.9. The Morgan fingerprint density at radius 2 is 2.06 bits per heavy atom. The zero-order valence-electron chi connectivity index (χ0n) is 8.88. The van der Waals surface area contributed by atoms with Crippen molar-refractivity contribution in [1.82, 2.24) is 0 Å². The van der Waals surface area contributed by atoms with Crippen molar-refractivity contribution in [3.8, 4) is 11.8 Å². The molecule has 0 bridgehead atoms. The van der Waals surface area contributed by atoms with Gasteiger partial charge in [-0.1, -0.05) is 0 Å². The predicted molar refractivity (Wildman–Crippen MR) is 51.8 cm³/mol. The predicted octanol–water partition coefficient (Wildman–Crippen LogP) is 3.22. The van der Waals surface area contributed by atoms with Crippen molar-refractivity contribution in [2.75, 3.05) is 6.61 Å². The van der Waals surface area contributed by atoms with Crippen molar-refractivity contribution in [3.05, 3.63) is 29.6 Å². The molecule has 1 aromatic carbocycles. The van der Waals surface area contributed by atoms with Crippen LogP contribution >= 0.6 is 0 Å². The number of benzene rings is 1. The monoisotopic (exact) mass is 247 g/mol. The third kappa shape index (κ3) is 3.63. The highest BCUT2D eigenvalue weighted by molar-refractivity contribution is 5.32. The molecule has 1 unspecified atom stereocenters. The maximum atomic E-state index is 12.7. The first-order valence-electron chi connectivity index (χ1n) is 4.70. The van der Waals surface area contributed by atoms with Crippen LogP contribution in [0, 0.1) is 30.0 Å². The molecule has 0 aliphatic heterocycles. The molecule has 0 spiro atoms. The molecule has 0 saturated carbocycles. The van der Waals surface area contributed by atoms with Crippen molar-refractivity contribution >= 4 is 0 Å². The summed E-state index contributed by atoms with van der Waals surface area (Å²) in [5.74, 6) is -2.55. The summed E-state index contributed by atoms with van der Waals surface area (Å²) in [7, 11) is 0. The van der Waals surface area contributed by atoms with Gasteiger partial charge in [0.2, 0.25) is 0 Å². The van der Waals surface area contributed by atoms with Gasteiger partial charge in [-0.25, -0.2) is 4.39 Å². The van der Waals surface area contributed by atoms with Crippen LogP contribution in [0.1, 0.15) is 5.56 Å². The number of aryl methyl sites for hydroxylation is 1. The molecule has 0 aromatic heterocycles. The van der Waals surface area contributed by atoms with Crippen LogP contribution in [0.5, 0.6) is 5.75 Å². The van der Waals surface area contributed by atoms with Crippen LogP contribution in [0.25, 0.3) is 0 Å². The summed E-state index contributed by atoms with van der Waals surface area (Å²) >= 11 is 0. The molecular weight excluding hydrogens is 238 g/mol. The summed E-state index contributed by atoms with van der Waals surface area (Å²) < 4.78 is 54.3. The number of rotatable bonds is 3. The van der Waals surface area contributed by atoms with Gasteiger partial charge < -0.3 is 4.74 Å². The van der Waals surface area contributed by atoms with E-state index in [9.17, 15) is 17.6 Å². The Morgan fingerprint density at radius 3 is 2.53 bits per heavy atom. The molecule has 0 saturated heterocycles. The molecule has 1 atom stereocenters. The Bertz CT molecular complexity index is 436. The first kappa shape index (κ1) is 13.3. The summed E-state index contributed by atoms with van der Waals surface area (Å²) in [5.41, 5.74) is 0.379. The molecule has 1 rings (SSSR count). The van der Waals surface area contributed by atoms with Crippen molar-refractivity contribution < 1.29 is 22.3 Å². The van der Waals surface area contributed by atoms with E-state index in [2.05, 4.69) is 0 Å². The first-order chi connectivity index (χ1) is 7.84. The summed E-state index contributed by atoms with van der Waals surface area (Å²) in [6, 6.07) is 4.57. The van der Waals surface area contributed by atoms with Crippen molar-refractivity contribution in [1.29, 1.82) is 5.26 Å². The van der Waals surface area contributed by atoms with Gasteiger partial charge in [-0.3, -0.25) is 0 Å². The van der Waals surface area contributed by atoms with Gasteiger partial charge >= 0.3 is 6.18 Å². The van der Waals surface area contributed by atoms with Crippen molar-refractivity contribution in [2.24, 2.45) is 5.92 Å². The molecule has 0 aliphatic rings. The lowest BCUT2D eigenvalue weighted by Gasteiger charge is -2.15. The van der Waals surface area contributed by atoms with Crippen LogP contribution in [0.4, 0.5) is 17.6 Å². The van der Waals surface area contributed by atoms with Crippen LogP contribution in [0.15, 0.2) is 18.2 Å². The average molecular weight is 247 g/mol. The molecule has 0 radical (unpaired) electrons. The quantitative estimate of drug-likeness (QED) is 0.768. The van der Waals surface area contributed by atoms with Gasteiger partial charge in [0, 0.05) is 0 Å². The SMILES string of the molecule is Cc1cc(F)ccc1OCC(C#N)C(F)(F)F. The maximum absolute atomic E-state index is 12.7. The fourth-order valence-corrected chi connectivity index (χ4v) is 1.15. The van der Waals surface area contributed by atoms with Gasteiger partial charge in [-0.2, -0.15) is 18.4 Å². The standard InChI is InChI=1S/C11H9F4NO/c1-7-4-9(12)2-3-10(7)17-6-8(5-16)11(13,14)15/h2-4,8H,6H2,1H3. The fourth-order valence-electron chi connectivity index (χ4n) is 1.15. The lowest BCUT2D eigenvalue weighted by atomic mass is 10.2. The van der Waals surface area contributed by atoms with E-state index in [1.165, 1.54) is 13.0 Å². The zero-order valence-corrected chi connectivity index (χ0v) is 8.88. The van der Waals surface area contributed by atoms with Crippen LogP contribution < -0.4 is 4.74 Å². The Kier molecular flexibility index (Phi) is 3.94. The molecule has 92 valence electrons. The van der Waals surface area contributed by atoms with E-state index in [0.29, 0.717) is 5.56 Å². The topological polar surface area (TPSA) is 33.0 Å². The minimum absolute atomic E-state index is 0.135. The number of hydrogen-bond acceptors (Lipinski definition) is 2. The number of hydrogen-bond donors (Lipinski definition) is 0. The molecule has 0 heterocycles. The molecular formula is C11H9F4NO. The number of alkyl halides is 3. The van der Waals surface area contributed by atoms with E-state index in [1.807, 2.05) is 0 Å². The van der Waals surface area contributed by atoms with Crippen LogP contribution in [-0.4, -0.2) is 12.8 Å². The van der Waals surface area contributed by atoms with Gasteiger partial charge in [-0.15, -0.1) is 0 Å². The van der Waals surface area contributed by atoms with Gasteiger partial charge in [0.25, 0.3) is 0 Å². The smallest absolute Gasteiger partial charge is 0.407 e. The number of nitrogens with zero attached hydrogens (tertiary/aromatic N) is 1. The Labute approximate surface area is 95.4 Å². The zero-order chi connectivity index (χ0) is 13.1. The third-order valence-electron chi connectivity index (χ3n) is 2.09. The second-order valence-corrected chi connectivity index (χ2v) is 3.44. The summed E-state index contributed by atoms with van der Waals surface area (Å²) in [6.07, 6.45) is -4.62. The largest absolute Gasteiger partial charge is 0.492 e. The molecule has 1 aromatic rings.